The Morgan fingerprint density at radius 3 is 2.59 bits per heavy atom. The molecule has 4 rings (SSSR count). The molecule has 4 aromatic rings. The molecule has 0 aliphatic heterocycles. The summed E-state index contributed by atoms with van der Waals surface area (Å²) < 4.78 is 41.0. The SMILES string of the molecule is O=c1c2ccccc2nc(-c2cccc(C(F)(F)F)c2)n1N=Cc1ccc(Cl)s1. The molecule has 4 nitrogen and oxygen atoms in total. The highest BCUT2D eigenvalue weighted by Crippen LogP contribution is 2.32. The predicted octanol–water partition coefficient (Wildman–Crippen LogP) is 5.68. The normalized spacial score (nSPS) is 12.1. The number of benzene rings is 2. The zero-order valence-corrected chi connectivity index (χ0v) is 16.1. The van der Waals surface area contributed by atoms with E-state index in [0.29, 0.717) is 20.1 Å². The summed E-state index contributed by atoms with van der Waals surface area (Å²) in [7, 11) is 0. The molecule has 0 saturated heterocycles. The molecule has 146 valence electrons. The maximum atomic E-state index is 13.2. The summed E-state index contributed by atoms with van der Waals surface area (Å²) in [5.41, 5.74) is -0.820. The first kappa shape index (κ1) is 19.4. The summed E-state index contributed by atoms with van der Waals surface area (Å²) in [6, 6.07) is 14.6. The Kier molecular flexibility index (Phi) is 4.97. The molecule has 2 aromatic heterocycles. The van der Waals surface area contributed by atoms with Gasteiger partial charge in [-0.3, -0.25) is 4.79 Å². The van der Waals surface area contributed by atoms with Crippen LogP contribution < -0.4 is 5.56 Å². The summed E-state index contributed by atoms with van der Waals surface area (Å²) in [6.45, 7) is 0. The molecular weight excluding hydrogens is 423 g/mol. The first-order valence-electron chi connectivity index (χ1n) is 8.32. The molecule has 0 bridgehead atoms. The van der Waals surface area contributed by atoms with Gasteiger partial charge < -0.3 is 0 Å². The standard InChI is InChI=1S/C20H11ClF3N3OS/c21-17-9-8-14(29-17)11-25-27-18(12-4-3-5-13(10-12)20(22,23)24)26-16-7-2-1-6-15(16)19(27)28/h1-11H. The maximum Gasteiger partial charge on any atom is 0.416 e. The largest absolute Gasteiger partial charge is 0.416 e. The minimum atomic E-state index is -4.52. The van der Waals surface area contributed by atoms with Crippen LogP contribution in [0.4, 0.5) is 13.2 Å². The molecule has 0 atom stereocenters. The van der Waals surface area contributed by atoms with E-state index in [1.807, 2.05) is 0 Å². The fourth-order valence-electron chi connectivity index (χ4n) is 2.76. The minimum absolute atomic E-state index is 0.0127. The Labute approximate surface area is 171 Å². The average Bonchev–Trinajstić information content (AvgIpc) is 3.12. The molecule has 9 heteroatoms. The van der Waals surface area contributed by atoms with E-state index >= 15 is 0 Å². The van der Waals surface area contributed by atoms with Gasteiger partial charge in [-0.1, -0.05) is 35.9 Å². The average molecular weight is 434 g/mol. The Morgan fingerprint density at radius 2 is 1.86 bits per heavy atom. The van der Waals surface area contributed by atoms with Crippen LogP contribution in [0.2, 0.25) is 4.34 Å². The van der Waals surface area contributed by atoms with Crippen molar-refractivity contribution in [2.24, 2.45) is 5.10 Å². The van der Waals surface area contributed by atoms with E-state index in [2.05, 4.69) is 10.1 Å². The molecule has 0 unspecified atom stereocenters. The highest BCUT2D eigenvalue weighted by molar-refractivity contribution is 7.17. The van der Waals surface area contributed by atoms with Gasteiger partial charge in [0.1, 0.15) is 0 Å². The summed E-state index contributed by atoms with van der Waals surface area (Å²) in [5.74, 6) is 0.0127. The van der Waals surface area contributed by atoms with Crippen molar-refractivity contribution in [3.05, 3.63) is 85.8 Å². The predicted molar refractivity (Wildman–Crippen MR) is 109 cm³/mol. The molecule has 29 heavy (non-hydrogen) atoms. The molecule has 0 spiro atoms. The van der Waals surface area contributed by atoms with Crippen LogP contribution in [0.25, 0.3) is 22.3 Å². The van der Waals surface area contributed by atoms with E-state index in [1.54, 1.807) is 36.4 Å². The molecule has 2 aromatic carbocycles. The summed E-state index contributed by atoms with van der Waals surface area (Å²) in [4.78, 5) is 18.1. The van der Waals surface area contributed by atoms with Gasteiger partial charge in [0.05, 0.1) is 27.0 Å². The number of thiophene rings is 1. The van der Waals surface area contributed by atoms with Gasteiger partial charge in [-0.2, -0.15) is 22.9 Å². The lowest BCUT2D eigenvalue weighted by molar-refractivity contribution is -0.137. The fraction of sp³-hybridized carbons (Fsp3) is 0.0500. The molecule has 0 radical (unpaired) electrons. The second-order valence-corrected chi connectivity index (χ2v) is 7.78. The molecule has 0 N–H and O–H groups in total. The third-order valence-electron chi connectivity index (χ3n) is 4.10. The summed E-state index contributed by atoms with van der Waals surface area (Å²) in [5, 5.41) is 4.50. The quantitative estimate of drug-likeness (QED) is 0.390. The molecule has 0 fully saturated rings. The number of hydrogen-bond donors (Lipinski definition) is 0. The second kappa shape index (κ2) is 7.46. The molecule has 2 heterocycles. The van der Waals surface area contributed by atoms with Gasteiger partial charge in [0.25, 0.3) is 5.56 Å². The number of halogens is 4. The smallest absolute Gasteiger partial charge is 0.267 e. The Morgan fingerprint density at radius 1 is 1.07 bits per heavy atom. The lowest BCUT2D eigenvalue weighted by Crippen LogP contribution is -2.20. The molecule has 0 aliphatic rings. The van der Waals surface area contributed by atoms with Crippen LogP contribution in [0.15, 0.2) is 70.6 Å². The van der Waals surface area contributed by atoms with E-state index in [0.717, 1.165) is 16.8 Å². The van der Waals surface area contributed by atoms with Crippen molar-refractivity contribution in [2.45, 2.75) is 6.18 Å². The van der Waals surface area contributed by atoms with E-state index in [4.69, 9.17) is 11.6 Å². The third-order valence-corrected chi connectivity index (χ3v) is 5.26. The summed E-state index contributed by atoms with van der Waals surface area (Å²) in [6.07, 6.45) is -3.10. The number of nitrogens with zero attached hydrogens (tertiary/aromatic N) is 3. The van der Waals surface area contributed by atoms with Crippen molar-refractivity contribution >= 4 is 40.1 Å². The lowest BCUT2D eigenvalue weighted by atomic mass is 10.1. The van der Waals surface area contributed by atoms with Crippen molar-refractivity contribution in [1.29, 1.82) is 0 Å². The summed E-state index contributed by atoms with van der Waals surface area (Å²) >= 11 is 7.16. The zero-order chi connectivity index (χ0) is 20.6. The second-order valence-electron chi connectivity index (χ2n) is 6.03. The Hall–Kier alpha value is -2.97. The van der Waals surface area contributed by atoms with E-state index in [1.165, 1.54) is 29.7 Å². The Balaban J connectivity index is 1.95. The van der Waals surface area contributed by atoms with E-state index in [9.17, 15) is 18.0 Å². The minimum Gasteiger partial charge on any atom is -0.267 e. The van der Waals surface area contributed by atoms with Gasteiger partial charge in [-0.15, -0.1) is 11.3 Å². The highest BCUT2D eigenvalue weighted by atomic mass is 35.5. The monoisotopic (exact) mass is 433 g/mol. The van der Waals surface area contributed by atoms with Crippen molar-refractivity contribution in [1.82, 2.24) is 9.66 Å². The first-order chi connectivity index (χ1) is 13.8. The van der Waals surface area contributed by atoms with Crippen LogP contribution >= 0.6 is 22.9 Å². The van der Waals surface area contributed by atoms with E-state index < -0.39 is 17.3 Å². The van der Waals surface area contributed by atoms with Gasteiger partial charge in [0, 0.05) is 10.4 Å². The van der Waals surface area contributed by atoms with Crippen molar-refractivity contribution in [3.8, 4) is 11.4 Å². The van der Waals surface area contributed by atoms with Crippen LogP contribution in [-0.2, 0) is 6.18 Å². The number of fused-ring (bicyclic) bond motifs is 1. The van der Waals surface area contributed by atoms with Gasteiger partial charge in [-0.25, -0.2) is 4.98 Å². The van der Waals surface area contributed by atoms with Crippen LogP contribution in [-0.4, -0.2) is 15.9 Å². The van der Waals surface area contributed by atoms with Gasteiger partial charge in [0.2, 0.25) is 0 Å². The Bertz CT molecular complexity index is 1290. The number of para-hydroxylation sites is 1. The molecule has 0 saturated carbocycles. The van der Waals surface area contributed by atoms with Crippen molar-refractivity contribution in [3.63, 3.8) is 0 Å². The van der Waals surface area contributed by atoms with Crippen LogP contribution in [0.3, 0.4) is 0 Å². The fourth-order valence-corrected chi connectivity index (χ4v) is 3.69. The maximum absolute atomic E-state index is 13.2. The van der Waals surface area contributed by atoms with E-state index in [-0.39, 0.29) is 11.4 Å². The topological polar surface area (TPSA) is 47.2 Å². The van der Waals surface area contributed by atoms with Gasteiger partial charge in [0.15, 0.2) is 5.82 Å². The third kappa shape index (κ3) is 3.94. The number of hydrogen-bond acceptors (Lipinski definition) is 4. The lowest BCUT2D eigenvalue weighted by Gasteiger charge is -2.12. The van der Waals surface area contributed by atoms with Crippen LogP contribution in [0.5, 0.6) is 0 Å². The number of aromatic nitrogens is 2. The molecule has 0 aliphatic carbocycles. The number of rotatable bonds is 3. The van der Waals surface area contributed by atoms with Crippen LogP contribution in [0, 0.1) is 0 Å². The number of alkyl halides is 3. The molecule has 0 amide bonds. The zero-order valence-electron chi connectivity index (χ0n) is 14.5. The highest BCUT2D eigenvalue weighted by Gasteiger charge is 2.30. The first-order valence-corrected chi connectivity index (χ1v) is 9.51. The van der Waals surface area contributed by atoms with Gasteiger partial charge in [-0.05, 0) is 36.4 Å². The van der Waals surface area contributed by atoms with Gasteiger partial charge >= 0.3 is 6.18 Å². The van der Waals surface area contributed by atoms with Crippen molar-refractivity contribution < 1.29 is 13.2 Å². The molecular formula is C20H11ClF3N3OS. The van der Waals surface area contributed by atoms with Crippen LogP contribution in [0.1, 0.15) is 10.4 Å². The van der Waals surface area contributed by atoms with Crippen molar-refractivity contribution in [2.75, 3.05) is 0 Å².